The van der Waals surface area contributed by atoms with Gasteiger partial charge < -0.3 is 25.6 Å². The lowest BCUT2D eigenvalue weighted by Gasteiger charge is -2.41. The van der Waals surface area contributed by atoms with Crippen molar-refractivity contribution in [2.45, 2.75) is 25.9 Å². The second kappa shape index (κ2) is 9.37. The number of pyridine rings is 1. The van der Waals surface area contributed by atoms with Crippen molar-refractivity contribution in [1.29, 1.82) is 0 Å². The summed E-state index contributed by atoms with van der Waals surface area (Å²) in [5.74, 6) is -4.62. The van der Waals surface area contributed by atoms with Crippen LogP contribution in [0.1, 0.15) is 29.3 Å². The number of nitrogens with one attached hydrogen (secondary N) is 1. The lowest BCUT2D eigenvalue weighted by atomic mass is 10.0. The minimum atomic E-state index is -1.63. The number of carboxylic acid groups (broad SMARTS) is 1. The molecule has 1 aliphatic rings. The SMILES string of the molecule is CCCNC1CN(c2c(F)cc3c(=O)c(C(=O)O)cn(-c4cc(N)c(F)cc4CN=O)c3c2F)C1. The van der Waals surface area contributed by atoms with Crippen LogP contribution in [0.15, 0.2) is 34.4 Å². The van der Waals surface area contributed by atoms with Gasteiger partial charge in [0.2, 0.25) is 5.43 Å². The third-order valence-electron chi connectivity index (χ3n) is 5.96. The molecule has 4 N–H and O–H groups in total. The molecule has 9 nitrogen and oxygen atoms in total. The molecule has 35 heavy (non-hydrogen) atoms. The zero-order valence-electron chi connectivity index (χ0n) is 18.6. The minimum absolute atomic E-state index is 0.0307. The molecule has 0 unspecified atom stereocenters. The van der Waals surface area contributed by atoms with Gasteiger partial charge in [-0.05, 0) is 31.2 Å². The first-order valence-electron chi connectivity index (χ1n) is 10.8. The van der Waals surface area contributed by atoms with Crippen LogP contribution in [0.5, 0.6) is 0 Å². The quantitative estimate of drug-likeness (QED) is 0.327. The normalized spacial score (nSPS) is 13.8. The lowest BCUT2D eigenvalue weighted by molar-refractivity contribution is 0.0695. The maximum Gasteiger partial charge on any atom is 0.341 e. The highest BCUT2D eigenvalue weighted by atomic mass is 19.1. The van der Waals surface area contributed by atoms with Gasteiger partial charge in [-0.15, -0.1) is 0 Å². The van der Waals surface area contributed by atoms with E-state index in [4.69, 9.17) is 5.73 Å². The van der Waals surface area contributed by atoms with E-state index in [0.29, 0.717) is 13.1 Å². The Bertz CT molecular complexity index is 1400. The van der Waals surface area contributed by atoms with Gasteiger partial charge in [-0.1, -0.05) is 12.1 Å². The summed E-state index contributed by atoms with van der Waals surface area (Å²) >= 11 is 0. The van der Waals surface area contributed by atoms with Crippen LogP contribution in [0.2, 0.25) is 0 Å². The number of aromatic nitrogens is 1. The van der Waals surface area contributed by atoms with Gasteiger partial charge in [-0.3, -0.25) is 4.79 Å². The molecular weight excluding hydrogens is 467 g/mol. The Morgan fingerprint density at radius 1 is 1.23 bits per heavy atom. The molecule has 1 aliphatic heterocycles. The van der Waals surface area contributed by atoms with E-state index in [0.717, 1.165) is 41.9 Å². The summed E-state index contributed by atoms with van der Waals surface area (Å²) in [7, 11) is 0. The summed E-state index contributed by atoms with van der Waals surface area (Å²) in [5.41, 5.74) is 2.52. The summed E-state index contributed by atoms with van der Waals surface area (Å²) in [6, 6.07) is 2.81. The number of fused-ring (bicyclic) bond motifs is 1. The van der Waals surface area contributed by atoms with E-state index in [1.807, 2.05) is 6.92 Å². The minimum Gasteiger partial charge on any atom is -0.477 e. The summed E-state index contributed by atoms with van der Waals surface area (Å²) in [6.07, 6.45) is 1.74. The van der Waals surface area contributed by atoms with Gasteiger partial charge >= 0.3 is 5.97 Å². The van der Waals surface area contributed by atoms with Crippen molar-refractivity contribution in [2.24, 2.45) is 5.18 Å². The molecule has 1 aromatic heterocycles. The number of hydrogen-bond donors (Lipinski definition) is 3. The fourth-order valence-electron chi connectivity index (χ4n) is 4.22. The molecular formula is C23H22F3N5O4. The van der Waals surface area contributed by atoms with Crippen molar-refractivity contribution in [3.8, 4) is 5.69 Å². The van der Waals surface area contributed by atoms with Crippen LogP contribution >= 0.6 is 0 Å². The third-order valence-corrected chi connectivity index (χ3v) is 5.96. The number of anilines is 2. The topological polar surface area (TPSA) is 130 Å². The average molecular weight is 489 g/mol. The number of nitrogen functional groups attached to an aromatic ring is 1. The van der Waals surface area contributed by atoms with Crippen LogP contribution < -0.4 is 21.4 Å². The molecule has 0 atom stereocenters. The molecule has 0 aliphatic carbocycles. The molecule has 2 heterocycles. The Kier molecular flexibility index (Phi) is 6.48. The summed E-state index contributed by atoms with van der Waals surface area (Å²) in [5, 5.41) is 15.0. The predicted octanol–water partition coefficient (Wildman–Crippen LogP) is 3.14. The first-order valence-corrected chi connectivity index (χ1v) is 10.8. The Hall–Kier alpha value is -3.93. The summed E-state index contributed by atoms with van der Waals surface area (Å²) < 4.78 is 46.1. The largest absolute Gasteiger partial charge is 0.477 e. The number of nitrogens with two attached hydrogens (primary N) is 1. The second-order valence-corrected chi connectivity index (χ2v) is 8.31. The van der Waals surface area contributed by atoms with Gasteiger partial charge in [0.25, 0.3) is 0 Å². The number of carbonyl (C=O) groups is 1. The molecule has 1 saturated heterocycles. The van der Waals surface area contributed by atoms with Crippen LogP contribution in [-0.4, -0.2) is 41.3 Å². The molecule has 0 saturated carbocycles. The maximum atomic E-state index is 15.9. The van der Waals surface area contributed by atoms with Crippen molar-refractivity contribution in [3.63, 3.8) is 0 Å². The maximum absolute atomic E-state index is 15.9. The first kappa shape index (κ1) is 24.2. The van der Waals surface area contributed by atoms with Crippen LogP contribution in [0.4, 0.5) is 24.5 Å². The zero-order chi connectivity index (χ0) is 25.4. The Labute approximate surface area is 196 Å². The average Bonchev–Trinajstić information content (AvgIpc) is 2.77. The number of aromatic carboxylic acids is 1. The fourth-order valence-corrected chi connectivity index (χ4v) is 4.22. The summed E-state index contributed by atoms with van der Waals surface area (Å²) in [4.78, 5) is 37.0. The van der Waals surface area contributed by atoms with Gasteiger partial charge in [-0.25, -0.2) is 18.0 Å². The zero-order valence-corrected chi connectivity index (χ0v) is 18.6. The Morgan fingerprint density at radius 3 is 2.57 bits per heavy atom. The number of hydrogen-bond acceptors (Lipinski definition) is 7. The standard InChI is InChI=1S/C23H22F3N5O4/c1-2-3-28-12-8-30(9-12)21-16(25)5-13-20(19(21)26)31(10-14(22(13)32)23(33)34)18-6-17(27)15(24)4-11(18)7-29-35/h4-6,10,12,28H,2-3,7-9,27H2,1H3,(H,33,34). The number of carboxylic acids is 1. The molecule has 2 aromatic carbocycles. The molecule has 0 radical (unpaired) electrons. The molecule has 0 spiro atoms. The van der Waals surface area contributed by atoms with Gasteiger partial charge in [0.15, 0.2) is 5.82 Å². The van der Waals surface area contributed by atoms with Crippen LogP contribution in [0.25, 0.3) is 16.6 Å². The van der Waals surface area contributed by atoms with Crippen molar-refractivity contribution >= 4 is 28.2 Å². The van der Waals surface area contributed by atoms with E-state index < -0.39 is 51.9 Å². The number of nitrogens with zero attached hydrogens (tertiary/aromatic N) is 3. The highest BCUT2D eigenvalue weighted by Crippen LogP contribution is 2.35. The van der Waals surface area contributed by atoms with E-state index >= 15 is 8.78 Å². The van der Waals surface area contributed by atoms with Gasteiger partial charge in [0, 0.05) is 30.9 Å². The monoisotopic (exact) mass is 489 g/mol. The van der Waals surface area contributed by atoms with Crippen molar-refractivity contribution < 1.29 is 23.1 Å². The number of halogens is 3. The molecule has 0 bridgehead atoms. The van der Waals surface area contributed by atoms with Crippen LogP contribution in [0, 0.1) is 22.4 Å². The Morgan fingerprint density at radius 2 is 1.94 bits per heavy atom. The first-order chi connectivity index (χ1) is 16.7. The van der Waals surface area contributed by atoms with Crippen molar-refractivity contribution in [1.82, 2.24) is 9.88 Å². The van der Waals surface area contributed by atoms with E-state index in [2.05, 4.69) is 10.5 Å². The van der Waals surface area contributed by atoms with Gasteiger partial charge in [-0.2, -0.15) is 4.91 Å². The smallest absolute Gasteiger partial charge is 0.341 e. The highest BCUT2D eigenvalue weighted by Gasteiger charge is 2.33. The van der Waals surface area contributed by atoms with Crippen LogP contribution in [0.3, 0.4) is 0 Å². The molecule has 12 heteroatoms. The Balaban J connectivity index is 2.00. The molecule has 0 amide bonds. The van der Waals surface area contributed by atoms with Crippen LogP contribution in [-0.2, 0) is 6.54 Å². The molecule has 184 valence electrons. The lowest BCUT2D eigenvalue weighted by Crippen LogP contribution is -2.58. The summed E-state index contributed by atoms with van der Waals surface area (Å²) in [6.45, 7) is 2.84. The van der Waals surface area contributed by atoms with E-state index in [1.54, 1.807) is 0 Å². The third kappa shape index (κ3) is 4.20. The van der Waals surface area contributed by atoms with Gasteiger partial charge in [0.1, 0.15) is 29.4 Å². The highest BCUT2D eigenvalue weighted by molar-refractivity contribution is 5.94. The number of rotatable bonds is 8. The van der Waals surface area contributed by atoms with E-state index in [-0.39, 0.29) is 28.7 Å². The number of benzene rings is 2. The predicted molar refractivity (Wildman–Crippen MR) is 125 cm³/mol. The fraction of sp³-hybridized carbons (Fsp3) is 0.304. The molecule has 3 aromatic rings. The van der Waals surface area contributed by atoms with Crippen molar-refractivity contribution in [3.05, 3.63) is 68.1 Å². The van der Waals surface area contributed by atoms with E-state index in [9.17, 15) is 24.0 Å². The van der Waals surface area contributed by atoms with Gasteiger partial charge in [0.05, 0.1) is 22.3 Å². The van der Waals surface area contributed by atoms with E-state index in [1.165, 1.54) is 4.90 Å². The second-order valence-electron chi connectivity index (χ2n) is 8.31. The number of nitroso groups, excluding NO2 is 1. The molecule has 1 fully saturated rings. The van der Waals surface area contributed by atoms with Crippen molar-refractivity contribution in [2.75, 3.05) is 30.3 Å². The molecule has 4 rings (SSSR count).